The Labute approximate surface area is 125 Å². The fourth-order valence-electron chi connectivity index (χ4n) is 1.42. The zero-order valence-electron chi connectivity index (χ0n) is 10.8. The van der Waals surface area contributed by atoms with Gasteiger partial charge in [-0.25, -0.2) is 4.79 Å². The third kappa shape index (κ3) is 4.59. The molecule has 1 aromatic carbocycles. The summed E-state index contributed by atoms with van der Waals surface area (Å²) in [6.07, 6.45) is 0. The zero-order chi connectivity index (χ0) is 15.1. The van der Waals surface area contributed by atoms with Crippen molar-refractivity contribution in [3.8, 4) is 5.75 Å². The molecule has 0 saturated heterocycles. The first kappa shape index (κ1) is 16.6. The van der Waals surface area contributed by atoms with Crippen molar-refractivity contribution >= 4 is 40.9 Å². The Balaban J connectivity index is 2.85. The second-order valence-electron chi connectivity index (χ2n) is 3.73. The van der Waals surface area contributed by atoms with Gasteiger partial charge in [0.15, 0.2) is 0 Å². The van der Waals surface area contributed by atoms with Gasteiger partial charge in [-0.2, -0.15) is 11.8 Å². The van der Waals surface area contributed by atoms with Crippen LogP contribution in [0.15, 0.2) is 12.1 Å². The number of benzene rings is 1. The number of nitrogens with one attached hydrogen (secondary N) is 1. The molecular weight excluding hydrogens is 304 g/mol. The van der Waals surface area contributed by atoms with E-state index in [1.165, 1.54) is 31.0 Å². The second kappa shape index (κ2) is 7.98. The number of rotatable bonds is 7. The molecule has 0 spiro atoms. The molecule has 0 bridgehead atoms. The van der Waals surface area contributed by atoms with Crippen LogP contribution in [0, 0.1) is 0 Å². The maximum absolute atomic E-state index is 11.7. The van der Waals surface area contributed by atoms with Gasteiger partial charge in [-0.15, -0.1) is 0 Å². The average molecular weight is 319 g/mol. The summed E-state index contributed by atoms with van der Waals surface area (Å²) in [5.41, 5.74) is 5.58. The van der Waals surface area contributed by atoms with Crippen LogP contribution in [0.5, 0.6) is 5.75 Å². The van der Waals surface area contributed by atoms with Crippen molar-refractivity contribution in [2.24, 2.45) is 5.73 Å². The van der Waals surface area contributed by atoms with Gasteiger partial charge in [0.05, 0.1) is 23.6 Å². The number of carbonyl (C=O) groups is 2. The molecule has 0 saturated carbocycles. The van der Waals surface area contributed by atoms with Gasteiger partial charge in [0.25, 0.3) is 0 Å². The molecule has 1 rings (SSSR count). The van der Waals surface area contributed by atoms with Crippen LogP contribution in [-0.4, -0.2) is 42.1 Å². The minimum atomic E-state index is -1.15. The van der Waals surface area contributed by atoms with Gasteiger partial charge in [0, 0.05) is 18.4 Å². The van der Waals surface area contributed by atoms with E-state index in [-0.39, 0.29) is 28.0 Å². The Morgan fingerprint density at radius 1 is 1.50 bits per heavy atom. The van der Waals surface area contributed by atoms with Crippen LogP contribution >= 0.6 is 23.4 Å². The van der Waals surface area contributed by atoms with E-state index in [0.717, 1.165) is 0 Å². The van der Waals surface area contributed by atoms with Gasteiger partial charge in [-0.3, -0.25) is 4.79 Å². The van der Waals surface area contributed by atoms with E-state index in [9.17, 15) is 9.59 Å². The van der Waals surface area contributed by atoms with Crippen molar-refractivity contribution < 1.29 is 19.4 Å². The summed E-state index contributed by atoms with van der Waals surface area (Å²) < 4.78 is 4.97. The summed E-state index contributed by atoms with van der Waals surface area (Å²) in [5.74, 6) is -0.332. The number of methoxy groups -OCH3 is 1. The summed E-state index contributed by atoms with van der Waals surface area (Å²) in [7, 11) is 1.35. The van der Waals surface area contributed by atoms with Crippen molar-refractivity contribution in [1.82, 2.24) is 0 Å². The molecule has 20 heavy (non-hydrogen) atoms. The van der Waals surface area contributed by atoms with E-state index in [0.29, 0.717) is 18.0 Å². The maximum atomic E-state index is 11.7. The van der Waals surface area contributed by atoms with Gasteiger partial charge in [0.2, 0.25) is 5.91 Å². The topological polar surface area (TPSA) is 102 Å². The second-order valence-corrected chi connectivity index (χ2v) is 5.24. The monoisotopic (exact) mass is 318 g/mol. The van der Waals surface area contributed by atoms with Crippen LogP contribution in [0.1, 0.15) is 10.4 Å². The third-order valence-electron chi connectivity index (χ3n) is 2.29. The summed E-state index contributed by atoms with van der Waals surface area (Å²) in [6.45, 7) is 0.500. The van der Waals surface area contributed by atoms with Crippen molar-refractivity contribution in [2.45, 2.75) is 0 Å². The van der Waals surface area contributed by atoms with Crippen molar-refractivity contribution in [3.05, 3.63) is 22.7 Å². The standard InChI is InChI=1S/C12H15ClN2O4S/c1-19-10-5-9(8(13)4-7(10)12(17)18)15-11(16)6-20-3-2-14/h4-5H,2-3,6,14H2,1H3,(H,15,16)(H,17,18). The smallest absolute Gasteiger partial charge is 0.339 e. The molecule has 8 heteroatoms. The fraction of sp³-hybridized carbons (Fsp3) is 0.333. The lowest BCUT2D eigenvalue weighted by Gasteiger charge is -2.11. The molecule has 0 aliphatic carbocycles. The molecule has 0 aromatic heterocycles. The van der Waals surface area contributed by atoms with E-state index in [1.807, 2.05) is 0 Å². The molecule has 0 heterocycles. The largest absolute Gasteiger partial charge is 0.496 e. The number of amides is 1. The summed E-state index contributed by atoms with van der Waals surface area (Å²) >= 11 is 7.35. The molecule has 4 N–H and O–H groups in total. The highest BCUT2D eigenvalue weighted by Crippen LogP contribution is 2.31. The SMILES string of the molecule is COc1cc(NC(=O)CSCCN)c(Cl)cc1C(=O)O. The number of aromatic carboxylic acids is 1. The summed E-state index contributed by atoms with van der Waals surface area (Å²) in [5, 5.41) is 11.7. The first-order valence-corrected chi connectivity index (χ1v) is 7.21. The quantitative estimate of drug-likeness (QED) is 0.661. The third-order valence-corrected chi connectivity index (χ3v) is 3.59. The molecule has 110 valence electrons. The van der Waals surface area contributed by atoms with Gasteiger partial charge in [0.1, 0.15) is 11.3 Å². The predicted octanol–water partition coefficient (Wildman–Crippen LogP) is 1.68. The maximum Gasteiger partial charge on any atom is 0.339 e. The number of ether oxygens (including phenoxy) is 1. The highest BCUT2D eigenvalue weighted by atomic mass is 35.5. The molecule has 0 fully saturated rings. The van der Waals surface area contributed by atoms with E-state index in [2.05, 4.69) is 5.32 Å². The number of hydrogen-bond acceptors (Lipinski definition) is 5. The minimum Gasteiger partial charge on any atom is -0.496 e. The number of carboxylic acid groups (broad SMARTS) is 1. The van der Waals surface area contributed by atoms with Crippen LogP contribution < -0.4 is 15.8 Å². The van der Waals surface area contributed by atoms with Crippen molar-refractivity contribution in [1.29, 1.82) is 0 Å². The summed E-state index contributed by atoms with van der Waals surface area (Å²) in [6, 6.07) is 2.63. The molecular formula is C12H15ClN2O4S. The number of nitrogens with two attached hydrogens (primary N) is 1. The zero-order valence-corrected chi connectivity index (χ0v) is 12.4. The average Bonchev–Trinajstić information content (AvgIpc) is 2.40. The van der Waals surface area contributed by atoms with E-state index in [1.54, 1.807) is 0 Å². The molecule has 1 aromatic rings. The molecule has 0 aliphatic heterocycles. The highest BCUT2D eigenvalue weighted by molar-refractivity contribution is 7.99. The first-order valence-electron chi connectivity index (χ1n) is 5.68. The summed E-state index contributed by atoms with van der Waals surface area (Å²) in [4.78, 5) is 22.7. The normalized spacial score (nSPS) is 10.2. The highest BCUT2D eigenvalue weighted by Gasteiger charge is 2.16. The van der Waals surface area contributed by atoms with E-state index < -0.39 is 5.97 Å². The van der Waals surface area contributed by atoms with Gasteiger partial charge >= 0.3 is 5.97 Å². The number of thioether (sulfide) groups is 1. The van der Waals surface area contributed by atoms with Crippen LogP contribution in [0.2, 0.25) is 5.02 Å². The number of hydrogen-bond donors (Lipinski definition) is 3. The number of halogens is 1. The Kier molecular flexibility index (Phi) is 6.63. The first-order chi connectivity index (χ1) is 9.49. The van der Waals surface area contributed by atoms with Crippen LogP contribution in [0.4, 0.5) is 5.69 Å². The van der Waals surface area contributed by atoms with Crippen LogP contribution in [0.3, 0.4) is 0 Å². The van der Waals surface area contributed by atoms with Gasteiger partial charge in [-0.05, 0) is 6.07 Å². The molecule has 0 aliphatic rings. The lowest BCUT2D eigenvalue weighted by molar-refractivity contribution is -0.113. The number of anilines is 1. The van der Waals surface area contributed by atoms with Crippen LogP contribution in [0.25, 0.3) is 0 Å². The molecule has 0 unspecified atom stereocenters. The lowest BCUT2D eigenvalue weighted by Crippen LogP contribution is -2.16. The lowest BCUT2D eigenvalue weighted by atomic mass is 10.2. The van der Waals surface area contributed by atoms with E-state index in [4.69, 9.17) is 27.2 Å². The Bertz CT molecular complexity index is 510. The van der Waals surface area contributed by atoms with E-state index >= 15 is 0 Å². The number of carboxylic acids is 1. The number of carbonyl (C=O) groups excluding carboxylic acids is 1. The Hall–Kier alpha value is -1.44. The van der Waals surface area contributed by atoms with Gasteiger partial charge in [-0.1, -0.05) is 11.6 Å². The molecule has 1 amide bonds. The van der Waals surface area contributed by atoms with Gasteiger partial charge < -0.3 is 20.9 Å². The molecule has 0 atom stereocenters. The molecule has 0 radical (unpaired) electrons. The molecule has 6 nitrogen and oxygen atoms in total. The van der Waals surface area contributed by atoms with Crippen molar-refractivity contribution in [2.75, 3.05) is 30.5 Å². The Morgan fingerprint density at radius 3 is 2.75 bits per heavy atom. The van der Waals surface area contributed by atoms with Crippen molar-refractivity contribution in [3.63, 3.8) is 0 Å². The Morgan fingerprint density at radius 2 is 2.20 bits per heavy atom. The predicted molar refractivity (Wildman–Crippen MR) is 80.0 cm³/mol. The minimum absolute atomic E-state index is 0.0620. The fourth-order valence-corrected chi connectivity index (χ4v) is 2.20. The van der Waals surface area contributed by atoms with Crippen LogP contribution in [-0.2, 0) is 4.79 Å².